The van der Waals surface area contributed by atoms with E-state index in [-0.39, 0.29) is 5.56 Å². The summed E-state index contributed by atoms with van der Waals surface area (Å²) in [4.78, 5) is 19.5. The van der Waals surface area contributed by atoms with Crippen LogP contribution in [0.4, 0.5) is 0 Å². The van der Waals surface area contributed by atoms with Crippen molar-refractivity contribution in [2.24, 2.45) is 5.92 Å². The predicted molar refractivity (Wildman–Crippen MR) is 89.0 cm³/mol. The number of nitrogens with zero attached hydrogens (tertiary/aromatic N) is 1. The molecule has 0 saturated heterocycles. The smallest absolute Gasteiger partial charge is 0.265 e. The molecule has 0 fully saturated rings. The standard InChI is InChI=1S/C15H16Br2N2O/c1-8(2)6-12-13(17)15(20)19-14(18-12)10-5-4-9(3)7-11(10)16/h4-5,7-8H,6H2,1-3H3,(H,18,19,20). The van der Waals surface area contributed by atoms with E-state index in [0.29, 0.717) is 16.2 Å². The van der Waals surface area contributed by atoms with Crippen LogP contribution in [0.2, 0.25) is 0 Å². The Hall–Kier alpha value is -0.940. The van der Waals surface area contributed by atoms with Crippen LogP contribution in [-0.2, 0) is 6.42 Å². The Morgan fingerprint density at radius 3 is 2.60 bits per heavy atom. The van der Waals surface area contributed by atoms with Crippen molar-refractivity contribution in [2.45, 2.75) is 27.2 Å². The van der Waals surface area contributed by atoms with Crippen molar-refractivity contribution in [1.82, 2.24) is 9.97 Å². The molecular formula is C15H16Br2N2O. The first kappa shape index (κ1) is 15.4. The number of rotatable bonds is 3. The van der Waals surface area contributed by atoms with E-state index in [0.717, 1.165) is 27.7 Å². The fourth-order valence-corrected chi connectivity index (χ4v) is 3.00. The normalized spacial score (nSPS) is 11.1. The molecule has 0 aliphatic carbocycles. The zero-order valence-electron chi connectivity index (χ0n) is 11.6. The molecule has 0 bridgehead atoms. The molecule has 2 rings (SSSR count). The summed E-state index contributed by atoms with van der Waals surface area (Å²) in [5.74, 6) is 1.04. The third-order valence-electron chi connectivity index (χ3n) is 2.91. The molecule has 1 aromatic heterocycles. The molecule has 0 atom stereocenters. The van der Waals surface area contributed by atoms with Crippen molar-refractivity contribution < 1.29 is 0 Å². The van der Waals surface area contributed by atoms with Crippen molar-refractivity contribution in [1.29, 1.82) is 0 Å². The molecule has 0 aliphatic rings. The highest BCUT2D eigenvalue weighted by Gasteiger charge is 2.13. The molecule has 0 unspecified atom stereocenters. The average molecular weight is 400 g/mol. The molecule has 2 aromatic rings. The molecule has 1 aromatic carbocycles. The number of hydrogen-bond acceptors (Lipinski definition) is 2. The van der Waals surface area contributed by atoms with Gasteiger partial charge in [-0.1, -0.05) is 35.8 Å². The summed E-state index contributed by atoms with van der Waals surface area (Å²) in [5, 5.41) is 0. The first-order chi connectivity index (χ1) is 9.38. The Balaban J connectivity index is 2.57. The largest absolute Gasteiger partial charge is 0.306 e. The molecule has 0 amide bonds. The number of aromatic nitrogens is 2. The van der Waals surface area contributed by atoms with Gasteiger partial charge in [-0.05, 0) is 52.9 Å². The highest BCUT2D eigenvalue weighted by atomic mass is 79.9. The van der Waals surface area contributed by atoms with Crippen molar-refractivity contribution in [3.05, 3.63) is 48.8 Å². The first-order valence-electron chi connectivity index (χ1n) is 6.43. The molecule has 3 nitrogen and oxygen atoms in total. The SMILES string of the molecule is Cc1ccc(-c2nc(CC(C)C)c(Br)c(=O)[nH]2)c(Br)c1. The molecule has 5 heteroatoms. The lowest BCUT2D eigenvalue weighted by atomic mass is 10.1. The molecule has 0 radical (unpaired) electrons. The van der Waals surface area contributed by atoms with E-state index >= 15 is 0 Å². The number of benzene rings is 1. The van der Waals surface area contributed by atoms with Crippen molar-refractivity contribution in [3.8, 4) is 11.4 Å². The summed E-state index contributed by atoms with van der Waals surface area (Å²) in [6, 6.07) is 5.98. The number of halogens is 2. The van der Waals surface area contributed by atoms with Crippen molar-refractivity contribution in [3.63, 3.8) is 0 Å². The second kappa shape index (κ2) is 6.22. The lowest BCUT2D eigenvalue weighted by Gasteiger charge is -2.10. The monoisotopic (exact) mass is 398 g/mol. The fraction of sp³-hybridized carbons (Fsp3) is 0.333. The summed E-state index contributed by atoms with van der Waals surface area (Å²) in [5.41, 5.74) is 2.71. The Labute approximate surface area is 135 Å². The zero-order chi connectivity index (χ0) is 14.9. The van der Waals surface area contributed by atoms with Crippen LogP contribution in [0.5, 0.6) is 0 Å². The van der Waals surface area contributed by atoms with Gasteiger partial charge in [0.05, 0.1) is 5.69 Å². The van der Waals surface area contributed by atoms with Gasteiger partial charge < -0.3 is 4.98 Å². The Morgan fingerprint density at radius 1 is 1.30 bits per heavy atom. The topological polar surface area (TPSA) is 45.8 Å². The van der Waals surface area contributed by atoms with Gasteiger partial charge in [0.1, 0.15) is 10.3 Å². The third kappa shape index (κ3) is 3.38. The van der Waals surface area contributed by atoms with Crippen LogP contribution in [0.15, 0.2) is 31.9 Å². The van der Waals surface area contributed by atoms with Gasteiger partial charge in [0, 0.05) is 10.0 Å². The summed E-state index contributed by atoms with van der Waals surface area (Å²) in [6.45, 7) is 6.24. The zero-order valence-corrected chi connectivity index (χ0v) is 14.8. The van der Waals surface area contributed by atoms with E-state index in [1.54, 1.807) is 0 Å². The van der Waals surface area contributed by atoms with Crippen LogP contribution < -0.4 is 5.56 Å². The minimum Gasteiger partial charge on any atom is -0.306 e. The van der Waals surface area contributed by atoms with Gasteiger partial charge in [0.15, 0.2) is 0 Å². The Kier molecular flexibility index (Phi) is 4.81. The van der Waals surface area contributed by atoms with Gasteiger partial charge >= 0.3 is 0 Å². The second-order valence-electron chi connectivity index (χ2n) is 5.26. The Morgan fingerprint density at radius 2 is 2.00 bits per heavy atom. The highest BCUT2D eigenvalue weighted by molar-refractivity contribution is 9.10. The van der Waals surface area contributed by atoms with Gasteiger partial charge in [-0.3, -0.25) is 4.79 Å². The second-order valence-corrected chi connectivity index (χ2v) is 6.90. The molecule has 20 heavy (non-hydrogen) atoms. The van der Waals surface area contributed by atoms with E-state index in [2.05, 4.69) is 55.7 Å². The fourth-order valence-electron chi connectivity index (χ4n) is 1.97. The van der Waals surface area contributed by atoms with Gasteiger partial charge in [-0.25, -0.2) is 4.98 Å². The minimum absolute atomic E-state index is 0.141. The number of hydrogen-bond donors (Lipinski definition) is 1. The summed E-state index contributed by atoms with van der Waals surface area (Å²) >= 11 is 6.86. The molecule has 0 saturated carbocycles. The van der Waals surface area contributed by atoms with E-state index in [9.17, 15) is 4.79 Å². The molecule has 106 valence electrons. The van der Waals surface area contributed by atoms with Crippen LogP contribution in [0.3, 0.4) is 0 Å². The van der Waals surface area contributed by atoms with E-state index in [1.807, 2.05) is 25.1 Å². The number of aryl methyl sites for hydroxylation is 1. The van der Waals surface area contributed by atoms with Gasteiger partial charge in [0.25, 0.3) is 5.56 Å². The lowest BCUT2D eigenvalue weighted by molar-refractivity contribution is 0.631. The van der Waals surface area contributed by atoms with Gasteiger partial charge in [0.2, 0.25) is 0 Å². The molecular weight excluding hydrogens is 384 g/mol. The van der Waals surface area contributed by atoms with Crippen LogP contribution in [-0.4, -0.2) is 9.97 Å². The molecule has 1 heterocycles. The molecule has 0 aliphatic heterocycles. The van der Waals surface area contributed by atoms with E-state index < -0.39 is 0 Å². The highest BCUT2D eigenvalue weighted by Crippen LogP contribution is 2.27. The average Bonchev–Trinajstić information content (AvgIpc) is 2.34. The summed E-state index contributed by atoms with van der Waals surface area (Å²) < 4.78 is 1.46. The summed E-state index contributed by atoms with van der Waals surface area (Å²) in [7, 11) is 0. The molecule has 1 N–H and O–H groups in total. The maximum atomic E-state index is 12.0. The third-order valence-corrected chi connectivity index (χ3v) is 4.39. The maximum Gasteiger partial charge on any atom is 0.265 e. The van der Waals surface area contributed by atoms with Gasteiger partial charge in [-0.2, -0.15) is 0 Å². The molecule has 0 spiro atoms. The quantitative estimate of drug-likeness (QED) is 0.827. The Bertz CT molecular complexity index is 693. The first-order valence-corrected chi connectivity index (χ1v) is 8.02. The van der Waals surface area contributed by atoms with E-state index in [4.69, 9.17) is 0 Å². The van der Waals surface area contributed by atoms with Crippen molar-refractivity contribution >= 4 is 31.9 Å². The van der Waals surface area contributed by atoms with Gasteiger partial charge in [-0.15, -0.1) is 0 Å². The lowest BCUT2D eigenvalue weighted by Crippen LogP contribution is -2.15. The van der Waals surface area contributed by atoms with Crippen LogP contribution >= 0.6 is 31.9 Å². The van der Waals surface area contributed by atoms with Crippen molar-refractivity contribution in [2.75, 3.05) is 0 Å². The number of H-pyrrole nitrogens is 1. The van der Waals surface area contributed by atoms with Crippen LogP contribution in [0.25, 0.3) is 11.4 Å². The number of aromatic amines is 1. The predicted octanol–water partition coefficient (Wildman–Crippen LogP) is 4.47. The number of nitrogens with one attached hydrogen (secondary N) is 1. The maximum absolute atomic E-state index is 12.0. The van der Waals surface area contributed by atoms with Crippen LogP contribution in [0, 0.1) is 12.8 Å². The minimum atomic E-state index is -0.141. The van der Waals surface area contributed by atoms with E-state index in [1.165, 1.54) is 0 Å². The summed E-state index contributed by atoms with van der Waals surface area (Å²) in [6.07, 6.45) is 0.765. The van der Waals surface area contributed by atoms with Crippen LogP contribution in [0.1, 0.15) is 25.1 Å².